The van der Waals surface area contributed by atoms with E-state index in [-0.39, 0.29) is 0 Å². The van der Waals surface area contributed by atoms with Crippen molar-refractivity contribution in [2.24, 2.45) is 0 Å². The van der Waals surface area contributed by atoms with E-state index in [1.165, 1.54) is 5.01 Å². The number of aryl methyl sites for hydroxylation is 1. The van der Waals surface area contributed by atoms with Crippen molar-refractivity contribution in [3.63, 3.8) is 0 Å². The van der Waals surface area contributed by atoms with Gasteiger partial charge in [-0.25, -0.2) is 4.98 Å². The Kier molecular flexibility index (Phi) is 6.49. The highest BCUT2D eigenvalue weighted by atomic mass is 35.5. The van der Waals surface area contributed by atoms with Crippen LogP contribution >= 0.6 is 22.9 Å². The van der Waals surface area contributed by atoms with Crippen LogP contribution in [0.25, 0.3) is 0 Å². The summed E-state index contributed by atoms with van der Waals surface area (Å²) in [6, 6.07) is 5.91. The fourth-order valence-corrected chi connectivity index (χ4v) is 3.08. The molecular formula is C16H21ClN2OS. The summed E-state index contributed by atoms with van der Waals surface area (Å²) in [7, 11) is 0. The van der Waals surface area contributed by atoms with Gasteiger partial charge in [0.15, 0.2) is 0 Å². The fourth-order valence-electron chi connectivity index (χ4n) is 1.94. The number of rotatable bonds is 8. The summed E-state index contributed by atoms with van der Waals surface area (Å²) < 4.78 is 5.77. The first-order valence-electron chi connectivity index (χ1n) is 7.28. The molecule has 0 aliphatic carbocycles. The maximum Gasteiger partial charge on any atom is 0.138 e. The average molecular weight is 325 g/mol. The van der Waals surface area contributed by atoms with E-state index < -0.39 is 0 Å². The van der Waals surface area contributed by atoms with Crippen LogP contribution < -0.4 is 10.1 Å². The van der Waals surface area contributed by atoms with Gasteiger partial charge in [-0.05, 0) is 37.1 Å². The Morgan fingerprint density at radius 3 is 2.90 bits per heavy atom. The summed E-state index contributed by atoms with van der Waals surface area (Å²) in [6.45, 7) is 6.47. The topological polar surface area (TPSA) is 34.1 Å². The largest absolute Gasteiger partial charge is 0.486 e. The van der Waals surface area contributed by atoms with Crippen molar-refractivity contribution in [2.75, 3.05) is 6.54 Å². The van der Waals surface area contributed by atoms with Crippen LogP contribution in [0.5, 0.6) is 5.75 Å². The first kappa shape index (κ1) is 16.3. The summed E-state index contributed by atoms with van der Waals surface area (Å²) in [5.74, 6) is 0.710. The zero-order chi connectivity index (χ0) is 15.1. The van der Waals surface area contributed by atoms with E-state index in [9.17, 15) is 0 Å². The highest BCUT2D eigenvalue weighted by Gasteiger charge is 2.06. The van der Waals surface area contributed by atoms with Gasteiger partial charge in [0.25, 0.3) is 0 Å². The van der Waals surface area contributed by atoms with E-state index in [2.05, 4.69) is 29.5 Å². The lowest BCUT2D eigenvalue weighted by atomic mass is 10.2. The highest BCUT2D eigenvalue weighted by molar-refractivity contribution is 7.09. The molecule has 2 aromatic rings. The minimum Gasteiger partial charge on any atom is -0.486 e. The lowest BCUT2D eigenvalue weighted by Gasteiger charge is -2.09. The number of hydrogen-bond acceptors (Lipinski definition) is 4. The molecule has 0 atom stereocenters. The molecule has 1 aromatic carbocycles. The summed E-state index contributed by atoms with van der Waals surface area (Å²) in [5.41, 5.74) is 2.13. The summed E-state index contributed by atoms with van der Waals surface area (Å²) in [6.07, 6.45) is 2.15. The van der Waals surface area contributed by atoms with Crippen molar-refractivity contribution in [2.45, 2.75) is 39.8 Å². The van der Waals surface area contributed by atoms with Crippen molar-refractivity contribution in [3.05, 3.63) is 44.9 Å². The molecule has 0 bridgehead atoms. The Balaban J connectivity index is 1.92. The quantitative estimate of drug-likeness (QED) is 0.779. The third-order valence-corrected chi connectivity index (χ3v) is 4.27. The molecule has 1 N–H and O–H groups in total. The van der Waals surface area contributed by atoms with Gasteiger partial charge in [-0.2, -0.15) is 0 Å². The molecule has 114 valence electrons. The molecule has 3 nitrogen and oxygen atoms in total. The summed E-state index contributed by atoms with van der Waals surface area (Å²) >= 11 is 7.95. The minimum atomic E-state index is 0.465. The number of nitrogens with one attached hydrogen (secondary N) is 1. The third kappa shape index (κ3) is 4.99. The van der Waals surface area contributed by atoms with Crippen LogP contribution in [0.15, 0.2) is 23.6 Å². The Bertz CT molecular complexity index is 571. The number of hydrogen-bond donors (Lipinski definition) is 1. The van der Waals surface area contributed by atoms with Crippen molar-refractivity contribution >= 4 is 22.9 Å². The molecule has 0 unspecified atom stereocenters. The number of ether oxygens (including phenoxy) is 1. The first-order chi connectivity index (χ1) is 10.2. The van der Waals surface area contributed by atoms with Crippen molar-refractivity contribution < 1.29 is 4.74 Å². The second-order valence-corrected chi connectivity index (χ2v) is 6.17. The molecule has 0 aliphatic heterocycles. The van der Waals surface area contributed by atoms with E-state index in [1.807, 2.05) is 18.2 Å². The van der Waals surface area contributed by atoms with E-state index in [1.54, 1.807) is 11.3 Å². The highest BCUT2D eigenvalue weighted by Crippen LogP contribution is 2.26. The van der Waals surface area contributed by atoms with E-state index in [4.69, 9.17) is 16.3 Å². The van der Waals surface area contributed by atoms with Crippen LogP contribution in [0.4, 0.5) is 0 Å². The fraction of sp³-hybridized carbons (Fsp3) is 0.438. The standard InChI is InChI=1S/C16H21ClN2OS/c1-3-5-16-19-13(11-21-16)10-20-15-7-6-12(8-14(15)17)9-18-4-2/h6-8,11,18H,3-5,9-10H2,1-2H3. The minimum absolute atomic E-state index is 0.465. The van der Waals surface area contributed by atoms with Crippen molar-refractivity contribution in [1.29, 1.82) is 0 Å². The molecule has 0 saturated heterocycles. The Labute approximate surface area is 135 Å². The van der Waals surface area contributed by atoms with Gasteiger partial charge >= 0.3 is 0 Å². The molecule has 0 saturated carbocycles. The van der Waals surface area contributed by atoms with Crippen LogP contribution in [0.2, 0.25) is 5.02 Å². The number of benzene rings is 1. The van der Waals surface area contributed by atoms with Crippen LogP contribution in [0.1, 0.15) is 36.5 Å². The van der Waals surface area contributed by atoms with Gasteiger partial charge < -0.3 is 10.1 Å². The zero-order valence-corrected chi connectivity index (χ0v) is 14.1. The van der Waals surface area contributed by atoms with Crippen LogP contribution in [0.3, 0.4) is 0 Å². The second kappa shape index (κ2) is 8.37. The van der Waals surface area contributed by atoms with Gasteiger partial charge in [0.05, 0.1) is 15.7 Å². The van der Waals surface area contributed by atoms with E-state index >= 15 is 0 Å². The molecule has 0 aliphatic rings. The average Bonchev–Trinajstić information content (AvgIpc) is 2.92. The molecule has 1 heterocycles. The number of nitrogens with zero attached hydrogens (tertiary/aromatic N) is 1. The van der Waals surface area contributed by atoms with Gasteiger partial charge in [0, 0.05) is 11.9 Å². The Morgan fingerprint density at radius 1 is 1.33 bits per heavy atom. The second-order valence-electron chi connectivity index (χ2n) is 4.82. The monoisotopic (exact) mass is 324 g/mol. The maximum absolute atomic E-state index is 6.26. The smallest absolute Gasteiger partial charge is 0.138 e. The zero-order valence-electron chi connectivity index (χ0n) is 12.5. The Hall–Kier alpha value is -1.10. The Morgan fingerprint density at radius 2 is 2.19 bits per heavy atom. The van der Waals surface area contributed by atoms with Crippen molar-refractivity contribution in [3.8, 4) is 5.75 Å². The number of halogens is 1. The lowest BCUT2D eigenvalue weighted by Crippen LogP contribution is -2.11. The lowest BCUT2D eigenvalue weighted by molar-refractivity contribution is 0.302. The van der Waals surface area contributed by atoms with Gasteiger partial charge in [-0.15, -0.1) is 11.3 Å². The van der Waals surface area contributed by atoms with E-state index in [0.717, 1.165) is 37.2 Å². The van der Waals surface area contributed by atoms with Crippen LogP contribution in [-0.4, -0.2) is 11.5 Å². The molecule has 2 rings (SSSR count). The summed E-state index contributed by atoms with van der Waals surface area (Å²) in [5, 5.41) is 7.15. The van der Waals surface area contributed by atoms with Gasteiger partial charge in [0.2, 0.25) is 0 Å². The van der Waals surface area contributed by atoms with Crippen LogP contribution in [0, 0.1) is 0 Å². The van der Waals surface area contributed by atoms with Crippen molar-refractivity contribution in [1.82, 2.24) is 10.3 Å². The van der Waals surface area contributed by atoms with Crippen LogP contribution in [-0.2, 0) is 19.6 Å². The predicted octanol–water partition coefficient (Wildman–Crippen LogP) is 4.44. The number of aromatic nitrogens is 1. The maximum atomic E-state index is 6.26. The first-order valence-corrected chi connectivity index (χ1v) is 8.54. The molecule has 5 heteroatoms. The normalized spacial score (nSPS) is 10.8. The molecule has 21 heavy (non-hydrogen) atoms. The predicted molar refractivity (Wildman–Crippen MR) is 89.3 cm³/mol. The van der Waals surface area contributed by atoms with Gasteiger partial charge in [-0.1, -0.05) is 31.5 Å². The molecule has 1 aromatic heterocycles. The molecule has 0 fully saturated rings. The molecule has 0 spiro atoms. The van der Waals surface area contributed by atoms with Gasteiger partial charge in [-0.3, -0.25) is 0 Å². The van der Waals surface area contributed by atoms with Gasteiger partial charge in [0.1, 0.15) is 12.4 Å². The third-order valence-electron chi connectivity index (χ3n) is 3.01. The molecule has 0 amide bonds. The number of thiazole rings is 1. The van der Waals surface area contributed by atoms with E-state index in [0.29, 0.717) is 17.4 Å². The summed E-state index contributed by atoms with van der Waals surface area (Å²) in [4.78, 5) is 4.54. The molecular weight excluding hydrogens is 304 g/mol. The molecule has 0 radical (unpaired) electrons. The SMILES string of the molecule is CCCc1nc(COc2ccc(CNCC)cc2Cl)cs1.